The van der Waals surface area contributed by atoms with Crippen molar-refractivity contribution in [1.29, 1.82) is 0 Å². The minimum absolute atomic E-state index is 0.140. The Morgan fingerprint density at radius 2 is 1.79 bits per heavy atom. The highest BCUT2D eigenvalue weighted by atomic mass is 32.2. The normalized spacial score (nSPS) is 19.5. The third-order valence-electron chi connectivity index (χ3n) is 6.62. The minimum Gasteiger partial charge on any atom is -0.494 e. The summed E-state index contributed by atoms with van der Waals surface area (Å²) in [6.07, 6.45) is 9.04. The van der Waals surface area contributed by atoms with Crippen LogP contribution in [0.3, 0.4) is 0 Å². The highest BCUT2D eigenvalue weighted by molar-refractivity contribution is 7.91. The summed E-state index contributed by atoms with van der Waals surface area (Å²) in [5, 5.41) is 0. The van der Waals surface area contributed by atoms with Crippen molar-refractivity contribution < 1.29 is 32.2 Å². The van der Waals surface area contributed by atoms with Gasteiger partial charge in [0.25, 0.3) is 0 Å². The Bertz CT molecular complexity index is 925. The van der Waals surface area contributed by atoms with E-state index in [-0.39, 0.29) is 6.16 Å². The summed E-state index contributed by atoms with van der Waals surface area (Å²) in [5.74, 6) is 2.54. The zero-order chi connectivity index (χ0) is 25.4. The second-order valence-electron chi connectivity index (χ2n) is 10.3. The number of hydrogen-bond acceptors (Lipinski definition) is 5. The van der Waals surface area contributed by atoms with E-state index in [1.165, 1.54) is 25.5 Å². The number of fused-ring (bicyclic) bond motifs is 1. The molecule has 9 heteroatoms. The molecule has 0 spiro atoms. The lowest BCUT2D eigenvalue weighted by atomic mass is 9.93. The second kappa shape index (κ2) is 12.8. The number of ether oxygens (including phenoxy) is 2. The van der Waals surface area contributed by atoms with Crippen molar-refractivity contribution in [2.45, 2.75) is 89.9 Å². The fourth-order valence-electron chi connectivity index (χ4n) is 4.49. The average molecular weight is 519 g/mol. The van der Waals surface area contributed by atoms with Crippen molar-refractivity contribution in [3.8, 4) is 11.5 Å². The molecule has 1 aliphatic heterocycles. The molecule has 1 aromatic rings. The summed E-state index contributed by atoms with van der Waals surface area (Å²) in [7, 11) is -7.38. The number of hydrogen-bond donors (Lipinski definition) is 2. The Kier molecular flexibility index (Phi) is 10.9. The van der Waals surface area contributed by atoms with E-state index in [2.05, 4.69) is 20.8 Å². The van der Waals surface area contributed by atoms with Crippen LogP contribution in [0.25, 0.3) is 0 Å². The molecule has 1 heterocycles. The lowest BCUT2D eigenvalue weighted by molar-refractivity contribution is 0.112. The van der Waals surface area contributed by atoms with Gasteiger partial charge in [-0.1, -0.05) is 46.5 Å². The minimum atomic E-state index is -3.96. The third kappa shape index (κ3) is 9.52. The molecule has 2 unspecified atom stereocenters. The van der Waals surface area contributed by atoms with Crippen LogP contribution in [0.1, 0.15) is 84.1 Å². The molecule has 2 rings (SSSR count). The highest BCUT2D eigenvalue weighted by Crippen LogP contribution is 2.41. The first-order chi connectivity index (χ1) is 15.8. The molecule has 0 aromatic heterocycles. The maximum atomic E-state index is 12.8. The number of benzene rings is 1. The van der Waals surface area contributed by atoms with Gasteiger partial charge >= 0.3 is 7.60 Å². The lowest BCUT2D eigenvalue weighted by Crippen LogP contribution is -2.46. The largest absolute Gasteiger partial charge is 0.494 e. The first-order valence-corrected chi connectivity index (χ1v) is 16.2. The molecule has 0 saturated carbocycles. The number of rotatable bonds is 15. The van der Waals surface area contributed by atoms with Crippen LogP contribution in [-0.2, 0) is 20.8 Å². The van der Waals surface area contributed by atoms with E-state index in [0.717, 1.165) is 24.3 Å². The maximum absolute atomic E-state index is 12.8. The molecule has 1 aromatic carbocycles. The smallest absolute Gasteiger partial charge is 0.325 e. The van der Waals surface area contributed by atoms with Crippen molar-refractivity contribution in [3.05, 3.63) is 23.8 Å². The van der Waals surface area contributed by atoms with Crippen molar-refractivity contribution in [2.24, 2.45) is 11.8 Å². The summed E-state index contributed by atoms with van der Waals surface area (Å²) in [5.41, 5.74) is 0.925. The van der Waals surface area contributed by atoms with Gasteiger partial charge in [-0.15, -0.1) is 0 Å². The van der Waals surface area contributed by atoms with Gasteiger partial charge in [-0.3, -0.25) is 4.57 Å². The zero-order valence-corrected chi connectivity index (χ0v) is 22.9. The molecule has 0 radical (unpaired) electrons. The summed E-state index contributed by atoms with van der Waals surface area (Å²) in [4.78, 5) is 16.6. The quantitative estimate of drug-likeness (QED) is 0.226. The second-order valence-corrected chi connectivity index (χ2v) is 14.4. The van der Waals surface area contributed by atoms with Gasteiger partial charge < -0.3 is 19.3 Å². The summed E-state index contributed by atoms with van der Waals surface area (Å²) >= 11 is 0. The van der Waals surface area contributed by atoms with Gasteiger partial charge in [0.2, 0.25) is 4.93 Å². The van der Waals surface area contributed by atoms with Gasteiger partial charge in [0, 0.05) is 25.3 Å². The van der Waals surface area contributed by atoms with E-state index in [0.29, 0.717) is 56.1 Å². The lowest BCUT2D eigenvalue weighted by Gasteiger charge is -2.37. The van der Waals surface area contributed by atoms with Crippen LogP contribution in [-0.4, -0.2) is 42.2 Å². The van der Waals surface area contributed by atoms with E-state index in [4.69, 9.17) is 19.3 Å². The van der Waals surface area contributed by atoms with Crippen molar-refractivity contribution >= 4 is 17.4 Å². The number of unbranched alkanes of at least 4 members (excludes halogenated alkanes) is 1. The Hall–Kier alpha value is -1.08. The molecule has 0 amide bonds. The van der Waals surface area contributed by atoms with E-state index in [9.17, 15) is 13.0 Å². The first kappa shape index (κ1) is 29.2. The van der Waals surface area contributed by atoms with Crippen LogP contribution < -0.4 is 9.47 Å². The van der Waals surface area contributed by atoms with E-state index < -0.39 is 22.4 Å². The van der Waals surface area contributed by atoms with Gasteiger partial charge in [-0.2, -0.15) is 0 Å². The van der Waals surface area contributed by atoms with Crippen LogP contribution in [0.5, 0.6) is 11.5 Å². The Labute approximate surface area is 205 Å². The molecule has 0 saturated heterocycles. The van der Waals surface area contributed by atoms with Gasteiger partial charge in [-0.25, -0.2) is 8.42 Å². The summed E-state index contributed by atoms with van der Waals surface area (Å²) < 4.78 is 48.4. The average Bonchev–Trinajstić information content (AvgIpc) is 2.71. The predicted octanol–water partition coefficient (Wildman–Crippen LogP) is 5.72. The highest BCUT2D eigenvalue weighted by Gasteiger charge is 2.45. The molecule has 2 atom stereocenters. The molecule has 1 aliphatic rings. The van der Waals surface area contributed by atoms with Crippen molar-refractivity contribution in [2.75, 3.05) is 19.0 Å². The molecule has 196 valence electrons. The van der Waals surface area contributed by atoms with Crippen LogP contribution in [0, 0.1) is 11.8 Å². The summed E-state index contributed by atoms with van der Waals surface area (Å²) in [6, 6.07) is 5.41. The first-order valence-electron chi connectivity index (χ1n) is 12.5. The predicted molar refractivity (Wildman–Crippen MR) is 136 cm³/mol. The molecule has 7 nitrogen and oxygen atoms in total. The number of sulfone groups is 1. The van der Waals surface area contributed by atoms with Gasteiger partial charge in [-0.05, 0) is 61.3 Å². The molecule has 34 heavy (non-hydrogen) atoms. The molecular weight excluding hydrogens is 475 g/mol. The molecule has 2 N–H and O–H groups in total. The van der Waals surface area contributed by atoms with Crippen LogP contribution in [0.4, 0.5) is 0 Å². The van der Waals surface area contributed by atoms with Gasteiger partial charge in [0.1, 0.15) is 11.5 Å². The Morgan fingerprint density at radius 3 is 2.44 bits per heavy atom. The standard InChI is InChI=1S/C25H43O7PS/c1-20(2)9-7-10-21(3)11-8-15-25(34(4,29)30)16-14-22-19-23(12-13-24(22)32-25)31-17-5-6-18-33(26,27)28/h12-13,19-21H,5-11,14-18H2,1-4H3,(H2,26,27,28). The fourth-order valence-corrected chi connectivity index (χ4v) is 6.35. The number of aryl methyl sites for hydroxylation is 1. The maximum Gasteiger partial charge on any atom is 0.325 e. The Balaban J connectivity index is 1.92. The molecule has 0 aliphatic carbocycles. The van der Waals surface area contributed by atoms with E-state index >= 15 is 0 Å². The molecular formula is C25H43O7PS. The van der Waals surface area contributed by atoms with Crippen molar-refractivity contribution in [3.63, 3.8) is 0 Å². The van der Waals surface area contributed by atoms with Crippen molar-refractivity contribution in [1.82, 2.24) is 0 Å². The van der Waals surface area contributed by atoms with E-state index in [1.807, 2.05) is 6.07 Å². The van der Waals surface area contributed by atoms with Crippen LogP contribution in [0.2, 0.25) is 0 Å². The topological polar surface area (TPSA) is 110 Å². The van der Waals surface area contributed by atoms with Gasteiger partial charge in [0.15, 0.2) is 9.84 Å². The SMILES string of the molecule is CC(C)CCCC(C)CCCC1(S(C)(=O)=O)CCc2cc(OCCCCP(=O)(O)O)ccc2O1. The summed E-state index contributed by atoms with van der Waals surface area (Å²) in [6.45, 7) is 7.09. The third-order valence-corrected chi connectivity index (χ3v) is 9.37. The fraction of sp³-hybridized carbons (Fsp3) is 0.760. The van der Waals surface area contributed by atoms with Crippen LogP contribution >= 0.6 is 7.60 Å². The van der Waals surface area contributed by atoms with E-state index in [1.54, 1.807) is 12.1 Å². The van der Waals surface area contributed by atoms with Crippen LogP contribution in [0.15, 0.2) is 18.2 Å². The molecule has 0 fully saturated rings. The zero-order valence-electron chi connectivity index (χ0n) is 21.2. The monoisotopic (exact) mass is 518 g/mol. The van der Waals surface area contributed by atoms with Gasteiger partial charge in [0.05, 0.1) is 6.61 Å². The molecule has 0 bridgehead atoms. The Morgan fingerprint density at radius 1 is 1.09 bits per heavy atom.